The first-order chi connectivity index (χ1) is 4.75. The summed E-state index contributed by atoms with van der Waals surface area (Å²) in [4.78, 5) is 0. The molecule has 0 spiro atoms. The summed E-state index contributed by atoms with van der Waals surface area (Å²) in [6, 6.07) is 0. The number of aliphatic hydroxyl groups is 2. The lowest BCUT2D eigenvalue weighted by Gasteiger charge is -2.14. The maximum atomic E-state index is 9.02. The van der Waals surface area contributed by atoms with Crippen LogP contribution in [0.4, 0.5) is 0 Å². The number of ether oxygens (including phenoxy) is 1. The summed E-state index contributed by atoms with van der Waals surface area (Å²) in [5.41, 5.74) is 0.485. The van der Waals surface area contributed by atoms with E-state index < -0.39 is 6.29 Å². The van der Waals surface area contributed by atoms with Gasteiger partial charge < -0.3 is 14.9 Å². The Kier molecular flexibility index (Phi) is 1.78. The number of allylic oxidation sites excluding steroid dienone is 3. The zero-order valence-corrected chi connectivity index (χ0v) is 5.32. The average molecular weight is 140 g/mol. The second-order valence-electron chi connectivity index (χ2n) is 1.84. The summed E-state index contributed by atoms with van der Waals surface area (Å²) < 4.78 is 4.54. The summed E-state index contributed by atoms with van der Waals surface area (Å²) in [5.74, 6) is -0.197. The van der Waals surface area contributed by atoms with Crippen molar-refractivity contribution in [2.24, 2.45) is 0 Å². The molecule has 1 rings (SSSR count). The maximum absolute atomic E-state index is 9.02. The van der Waals surface area contributed by atoms with Crippen LogP contribution in [-0.4, -0.2) is 16.5 Å². The minimum Gasteiger partial charge on any atom is -0.506 e. The molecule has 3 heteroatoms. The van der Waals surface area contributed by atoms with E-state index in [0.717, 1.165) is 0 Å². The molecule has 0 fully saturated rings. The monoisotopic (exact) mass is 140 g/mol. The predicted molar refractivity (Wildman–Crippen MR) is 36.1 cm³/mol. The third kappa shape index (κ3) is 1.04. The molecular weight excluding hydrogens is 132 g/mol. The van der Waals surface area contributed by atoms with E-state index in [4.69, 9.17) is 10.2 Å². The van der Waals surface area contributed by atoms with Crippen LogP contribution in [0.2, 0.25) is 0 Å². The van der Waals surface area contributed by atoms with Crippen LogP contribution in [0.25, 0.3) is 0 Å². The van der Waals surface area contributed by atoms with Crippen molar-refractivity contribution < 1.29 is 14.9 Å². The molecule has 0 saturated carbocycles. The molecule has 1 aliphatic heterocycles. The number of rotatable bonds is 1. The molecular formula is C7H8O3. The fraction of sp³-hybridized carbons (Fsp3) is 0.143. The first-order valence-electron chi connectivity index (χ1n) is 2.81. The summed E-state index contributed by atoms with van der Waals surface area (Å²) >= 11 is 0. The molecule has 0 bridgehead atoms. The Hall–Kier alpha value is -1.22. The molecule has 1 aliphatic rings. The van der Waals surface area contributed by atoms with Crippen LogP contribution in [0.1, 0.15) is 0 Å². The molecule has 1 unspecified atom stereocenters. The van der Waals surface area contributed by atoms with Crippen molar-refractivity contribution in [3.8, 4) is 0 Å². The highest BCUT2D eigenvalue weighted by Gasteiger charge is 2.15. The highest BCUT2D eigenvalue weighted by atomic mass is 16.6. The van der Waals surface area contributed by atoms with E-state index in [9.17, 15) is 0 Å². The van der Waals surface area contributed by atoms with Crippen molar-refractivity contribution in [2.45, 2.75) is 6.29 Å². The number of hydrogen-bond acceptors (Lipinski definition) is 3. The van der Waals surface area contributed by atoms with E-state index in [1.165, 1.54) is 18.4 Å². The predicted octanol–water partition coefficient (Wildman–Crippen LogP) is 0.847. The van der Waals surface area contributed by atoms with Gasteiger partial charge in [-0.3, -0.25) is 0 Å². The van der Waals surface area contributed by atoms with Gasteiger partial charge in [-0.05, 0) is 6.08 Å². The van der Waals surface area contributed by atoms with Gasteiger partial charge in [0, 0.05) is 5.57 Å². The quantitative estimate of drug-likeness (QED) is 0.567. The van der Waals surface area contributed by atoms with Gasteiger partial charge in [-0.15, -0.1) is 0 Å². The summed E-state index contributed by atoms with van der Waals surface area (Å²) in [5, 5.41) is 17.9. The van der Waals surface area contributed by atoms with Crippen molar-refractivity contribution in [1.29, 1.82) is 0 Å². The minimum absolute atomic E-state index is 0.197. The summed E-state index contributed by atoms with van der Waals surface area (Å²) in [6.07, 6.45) is 3.03. The molecule has 54 valence electrons. The van der Waals surface area contributed by atoms with Crippen LogP contribution in [0, 0.1) is 0 Å². The molecule has 0 aromatic carbocycles. The first kappa shape index (κ1) is 6.89. The molecule has 10 heavy (non-hydrogen) atoms. The van der Waals surface area contributed by atoms with E-state index in [1.54, 1.807) is 0 Å². The van der Waals surface area contributed by atoms with E-state index in [0.29, 0.717) is 5.57 Å². The zero-order chi connectivity index (χ0) is 7.56. The molecule has 0 amide bonds. The van der Waals surface area contributed by atoms with Crippen LogP contribution in [0.3, 0.4) is 0 Å². The number of hydrogen-bond donors (Lipinski definition) is 2. The molecule has 0 saturated heterocycles. The Balaban J connectivity index is 2.92. The lowest BCUT2D eigenvalue weighted by atomic mass is 10.2. The lowest BCUT2D eigenvalue weighted by Crippen LogP contribution is -2.15. The Morgan fingerprint density at radius 3 is 2.90 bits per heavy atom. The lowest BCUT2D eigenvalue weighted by molar-refractivity contribution is -0.0516. The smallest absolute Gasteiger partial charge is 0.255 e. The van der Waals surface area contributed by atoms with Crippen LogP contribution in [0.5, 0.6) is 0 Å². The topological polar surface area (TPSA) is 49.7 Å². The van der Waals surface area contributed by atoms with E-state index in [1.807, 2.05) is 0 Å². The molecule has 0 aromatic heterocycles. The highest BCUT2D eigenvalue weighted by Crippen LogP contribution is 2.14. The van der Waals surface area contributed by atoms with Crippen molar-refractivity contribution in [3.05, 3.63) is 36.3 Å². The second kappa shape index (κ2) is 2.58. The maximum Gasteiger partial charge on any atom is 0.255 e. The van der Waals surface area contributed by atoms with Crippen LogP contribution in [0.15, 0.2) is 36.3 Å². The van der Waals surface area contributed by atoms with Gasteiger partial charge in [-0.2, -0.15) is 0 Å². The van der Waals surface area contributed by atoms with E-state index in [2.05, 4.69) is 11.3 Å². The van der Waals surface area contributed by atoms with E-state index in [-0.39, 0.29) is 5.76 Å². The van der Waals surface area contributed by atoms with E-state index >= 15 is 0 Å². The average Bonchev–Trinajstić information content (AvgIpc) is 1.95. The van der Waals surface area contributed by atoms with Gasteiger partial charge in [0.25, 0.3) is 6.29 Å². The van der Waals surface area contributed by atoms with Gasteiger partial charge in [0.2, 0.25) is 0 Å². The Morgan fingerprint density at radius 1 is 1.70 bits per heavy atom. The summed E-state index contributed by atoms with van der Waals surface area (Å²) in [6.45, 7) is 3.43. The Labute approximate surface area is 58.6 Å². The Bertz CT molecular complexity index is 203. The third-order valence-corrected chi connectivity index (χ3v) is 1.20. The molecule has 0 aliphatic carbocycles. The molecule has 0 aromatic rings. The fourth-order valence-electron chi connectivity index (χ4n) is 0.652. The van der Waals surface area contributed by atoms with Crippen molar-refractivity contribution in [3.63, 3.8) is 0 Å². The van der Waals surface area contributed by atoms with Crippen molar-refractivity contribution in [2.75, 3.05) is 0 Å². The van der Waals surface area contributed by atoms with Gasteiger partial charge in [0.15, 0.2) is 5.76 Å². The SMILES string of the molecule is C=CC1=C(O)C(O)OC=C1. The zero-order valence-electron chi connectivity index (χ0n) is 5.32. The van der Waals surface area contributed by atoms with Crippen molar-refractivity contribution in [1.82, 2.24) is 0 Å². The highest BCUT2D eigenvalue weighted by molar-refractivity contribution is 5.33. The summed E-state index contributed by atoms with van der Waals surface area (Å²) in [7, 11) is 0. The first-order valence-corrected chi connectivity index (χ1v) is 2.81. The largest absolute Gasteiger partial charge is 0.506 e. The number of aliphatic hydroxyl groups excluding tert-OH is 2. The standard InChI is InChI=1S/C7H8O3/c1-2-5-3-4-10-7(9)6(5)8/h2-4,7-9H,1H2. The van der Waals surface area contributed by atoms with Crippen LogP contribution >= 0.6 is 0 Å². The van der Waals surface area contributed by atoms with Gasteiger partial charge in [0.1, 0.15) is 0 Å². The molecule has 3 nitrogen and oxygen atoms in total. The fourth-order valence-corrected chi connectivity index (χ4v) is 0.652. The van der Waals surface area contributed by atoms with Gasteiger partial charge >= 0.3 is 0 Å². The van der Waals surface area contributed by atoms with Gasteiger partial charge in [-0.1, -0.05) is 12.7 Å². The molecule has 2 N–H and O–H groups in total. The minimum atomic E-state index is -1.24. The third-order valence-electron chi connectivity index (χ3n) is 1.20. The van der Waals surface area contributed by atoms with Crippen LogP contribution < -0.4 is 0 Å². The second-order valence-corrected chi connectivity index (χ2v) is 1.84. The van der Waals surface area contributed by atoms with Gasteiger partial charge in [0.05, 0.1) is 6.26 Å². The van der Waals surface area contributed by atoms with Crippen LogP contribution in [-0.2, 0) is 4.74 Å². The van der Waals surface area contributed by atoms with Crippen molar-refractivity contribution >= 4 is 0 Å². The molecule has 1 heterocycles. The molecule has 1 atom stereocenters. The Morgan fingerprint density at radius 2 is 2.40 bits per heavy atom. The normalized spacial score (nSPS) is 24.3. The molecule has 0 radical (unpaired) electrons. The van der Waals surface area contributed by atoms with Gasteiger partial charge in [-0.25, -0.2) is 0 Å².